The highest BCUT2D eigenvalue weighted by atomic mass is 32.2. The summed E-state index contributed by atoms with van der Waals surface area (Å²) >= 11 is 1.29. The lowest BCUT2D eigenvalue weighted by atomic mass is 10.2. The standard InChI is InChI=1S/C9H9N3S.C7H8O3S/c10-6-8(11)9(12)13-7-4-2-1-3-5-7;1-6-2-4-7(5-3-6)11(8,9)10/h1-5H,11-12H2;2-5H,1H3,(H,8,9,10)/b9-8-;. The molecule has 0 fully saturated rings. The number of hydrogen-bond acceptors (Lipinski definition) is 6. The Morgan fingerprint density at radius 2 is 1.62 bits per heavy atom. The first kappa shape index (κ1) is 19.6. The Morgan fingerprint density at radius 3 is 2.08 bits per heavy atom. The van der Waals surface area contributed by atoms with E-state index in [0.717, 1.165) is 10.5 Å². The van der Waals surface area contributed by atoms with E-state index < -0.39 is 10.1 Å². The van der Waals surface area contributed by atoms with E-state index in [1.807, 2.05) is 37.3 Å². The van der Waals surface area contributed by atoms with E-state index in [0.29, 0.717) is 5.03 Å². The van der Waals surface area contributed by atoms with Gasteiger partial charge in [0, 0.05) is 4.90 Å². The fourth-order valence-electron chi connectivity index (χ4n) is 1.44. The average Bonchev–Trinajstić information content (AvgIpc) is 2.55. The maximum atomic E-state index is 10.5. The van der Waals surface area contributed by atoms with Crippen LogP contribution in [-0.4, -0.2) is 13.0 Å². The number of allylic oxidation sites excluding steroid dienone is 1. The number of thioether (sulfide) groups is 1. The van der Waals surface area contributed by atoms with Crippen LogP contribution in [0.5, 0.6) is 0 Å². The quantitative estimate of drug-likeness (QED) is 0.434. The van der Waals surface area contributed by atoms with Gasteiger partial charge in [-0.15, -0.1) is 0 Å². The zero-order valence-electron chi connectivity index (χ0n) is 12.9. The molecule has 0 aromatic heterocycles. The molecule has 0 saturated carbocycles. The third kappa shape index (κ3) is 6.75. The van der Waals surface area contributed by atoms with Gasteiger partial charge in [0.2, 0.25) is 0 Å². The maximum Gasteiger partial charge on any atom is 0.294 e. The number of nitriles is 1. The normalized spacial score (nSPS) is 11.5. The smallest absolute Gasteiger partial charge is 0.294 e. The Hall–Kier alpha value is -2.47. The molecule has 0 saturated heterocycles. The van der Waals surface area contributed by atoms with Crippen molar-refractivity contribution in [2.24, 2.45) is 11.5 Å². The van der Waals surface area contributed by atoms with Gasteiger partial charge in [-0.2, -0.15) is 13.7 Å². The predicted molar refractivity (Wildman–Crippen MR) is 94.3 cm³/mol. The van der Waals surface area contributed by atoms with E-state index in [4.69, 9.17) is 21.3 Å². The van der Waals surface area contributed by atoms with E-state index in [9.17, 15) is 8.42 Å². The molecule has 0 spiro atoms. The lowest BCUT2D eigenvalue weighted by molar-refractivity contribution is 0.483. The molecule has 0 aliphatic heterocycles. The zero-order valence-corrected chi connectivity index (χ0v) is 14.5. The molecule has 0 bridgehead atoms. The van der Waals surface area contributed by atoms with Crippen molar-refractivity contribution in [3.63, 3.8) is 0 Å². The van der Waals surface area contributed by atoms with Crippen LogP contribution in [0.2, 0.25) is 0 Å². The van der Waals surface area contributed by atoms with Crippen molar-refractivity contribution in [2.75, 3.05) is 0 Å². The summed E-state index contributed by atoms with van der Waals surface area (Å²) in [5.74, 6) is 0. The summed E-state index contributed by atoms with van der Waals surface area (Å²) in [6, 6.07) is 17.3. The van der Waals surface area contributed by atoms with Crippen LogP contribution < -0.4 is 11.5 Å². The second-order valence-corrected chi connectivity index (χ2v) is 7.13. The SMILES string of the molecule is Cc1ccc(S(=O)(=O)O)cc1.N#C/C(N)=C(\N)Sc1ccccc1. The highest BCUT2D eigenvalue weighted by molar-refractivity contribution is 8.03. The summed E-state index contributed by atoms with van der Waals surface area (Å²) in [5.41, 5.74) is 11.9. The summed E-state index contributed by atoms with van der Waals surface area (Å²) in [7, 11) is -4.02. The second kappa shape index (κ2) is 8.98. The van der Waals surface area contributed by atoms with E-state index in [-0.39, 0.29) is 10.6 Å². The monoisotopic (exact) mass is 363 g/mol. The van der Waals surface area contributed by atoms with Gasteiger partial charge in [-0.25, -0.2) is 0 Å². The Balaban J connectivity index is 0.000000243. The maximum absolute atomic E-state index is 10.5. The first-order valence-corrected chi connectivity index (χ1v) is 8.92. The molecule has 0 radical (unpaired) electrons. The fourth-order valence-corrected chi connectivity index (χ4v) is 2.62. The first-order chi connectivity index (χ1) is 11.2. The number of hydrogen-bond donors (Lipinski definition) is 3. The molecule has 0 heterocycles. The van der Waals surface area contributed by atoms with Crippen molar-refractivity contribution in [2.45, 2.75) is 16.7 Å². The number of aryl methyl sites for hydroxylation is 1. The van der Waals surface area contributed by atoms with Gasteiger partial charge in [0.25, 0.3) is 10.1 Å². The summed E-state index contributed by atoms with van der Waals surface area (Å²) in [6.07, 6.45) is 0. The van der Waals surface area contributed by atoms with Crippen LogP contribution in [0.25, 0.3) is 0 Å². The molecule has 0 unspecified atom stereocenters. The van der Waals surface area contributed by atoms with Crippen LogP contribution in [0.15, 0.2) is 75.1 Å². The largest absolute Gasteiger partial charge is 0.391 e. The van der Waals surface area contributed by atoms with Crippen LogP contribution in [0, 0.1) is 18.3 Å². The van der Waals surface area contributed by atoms with E-state index >= 15 is 0 Å². The fraction of sp³-hybridized carbons (Fsp3) is 0.0625. The first-order valence-electron chi connectivity index (χ1n) is 6.66. The Labute approximate surface area is 145 Å². The molecule has 24 heavy (non-hydrogen) atoms. The second-order valence-electron chi connectivity index (χ2n) is 4.59. The van der Waals surface area contributed by atoms with Gasteiger partial charge < -0.3 is 11.5 Å². The van der Waals surface area contributed by atoms with Crippen LogP contribution in [-0.2, 0) is 10.1 Å². The van der Waals surface area contributed by atoms with Gasteiger partial charge in [0.1, 0.15) is 16.8 Å². The zero-order chi connectivity index (χ0) is 18.2. The van der Waals surface area contributed by atoms with Gasteiger partial charge in [0.15, 0.2) is 0 Å². The Bertz CT molecular complexity index is 840. The van der Waals surface area contributed by atoms with Crippen LogP contribution in [0.4, 0.5) is 0 Å². The minimum absolute atomic E-state index is 0.0638. The Kier molecular flexibility index (Phi) is 7.32. The van der Waals surface area contributed by atoms with E-state index in [1.165, 1.54) is 23.9 Å². The highest BCUT2D eigenvalue weighted by Crippen LogP contribution is 2.23. The molecule has 5 N–H and O–H groups in total. The van der Waals surface area contributed by atoms with Crippen molar-refractivity contribution in [3.05, 3.63) is 70.9 Å². The average molecular weight is 363 g/mol. The van der Waals surface area contributed by atoms with Gasteiger partial charge in [0.05, 0.1) is 4.90 Å². The lowest BCUT2D eigenvalue weighted by Crippen LogP contribution is -2.04. The van der Waals surface area contributed by atoms with Crippen molar-refractivity contribution < 1.29 is 13.0 Å². The summed E-state index contributed by atoms with van der Waals surface area (Å²) < 4.78 is 29.6. The summed E-state index contributed by atoms with van der Waals surface area (Å²) in [6.45, 7) is 1.84. The molecule has 2 aromatic carbocycles. The molecule has 6 nitrogen and oxygen atoms in total. The third-order valence-electron chi connectivity index (χ3n) is 2.68. The minimum Gasteiger partial charge on any atom is -0.391 e. The molecule has 8 heteroatoms. The van der Waals surface area contributed by atoms with Crippen LogP contribution >= 0.6 is 11.8 Å². The van der Waals surface area contributed by atoms with Crippen LogP contribution in [0.3, 0.4) is 0 Å². The minimum atomic E-state index is -4.02. The van der Waals surface area contributed by atoms with E-state index in [2.05, 4.69) is 0 Å². The van der Waals surface area contributed by atoms with E-state index in [1.54, 1.807) is 18.2 Å². The van der Waals surface area contributed by atoms with Crippen molar-refractivity contribution in [1.82, 2.24) is 0 Å². The number of nitrogens with two attached hydrogens (primary N) is 2. The summed E-state index contributed by atoms with van der Waals surface area (Å²) in [5, 5.41) is 8.80. The van der Waals surface area contributed by atoms with Crippen molar-refractivity contribution >= 4 is 21.9 Å². The number of nitrogens with zero attached hydrogens (tertiary/aromatic N) is 1. The molecular weight excluding hydrogens is 346 g/mol. The van der Waals surface area contributed by atoms with Gasteiger partial charge in [-0.1, -0.05) is 47.7 Å². The molecule has 0 aliphatic carbocycles. The molecule has 2 rings (SSSR count). The van der Waals surface area contributed by atoms with Crippen LogP contribution in [0.1, 0.15) is 5.56 Å². The highest BCUT2D eigenvalue weighted by Gasteiger charge is 2.06. The molecule has 0 amide bonds. The predicted octanol–water partition coefficient (Wildman–Crippen LogP) is 2.63. The third-order valence-corrected chi connectivity index (χ3v) is 4.49. The number of rotatable bonds is 3. The van der Waals surface area contributed by atoms with Gasteiger partial charge >= 0.3 is 0 Å². The summed E-state index contributed by atoms with van der Waals surface area (Å²) in [4.78, 5) is 0.904. The molecule has 0 atom stereocenters. The van der Waals surface area contributed by atoms with Crippen molar-refractivity contribution in [1.29, 1.82) is 5.26 Å². The molecular formula is C16H17N3O3S2. The van der Waals surface area contributed by atoms with Crippen molar-refractivity contribution in [3.8, 4) is 6.07 Å². The molecule has 126 valence electrons. The Morgan fingerprint density at radius 1 is 1.08 bits per heavy atom. The topological polar surface area (TPSA) is 130 Å². The van der Waals surface area contributed by atoms with Gasteiger partial charge in [-0.05, 0) is 31.2 Å². The number of benzene rings is 2. The molecule has 2 aromatic rings. The lowest BCUT2D eigenvalue weighted by Gasteiger charge is -2.00. The molecule has 0 aliphatic rings. The van der Waals surface area contributed by atoms with Gasteiger partial charge in [-0.3, -0.25) is 4.55 Å².